The number of benzene rings is 1. The average molecular weight is 298 g/mol. The second-order valence-corrected chi connectivity index (χ2v) is 5.81. The lowest BCUT2D eigenvalue weighted by Crippen LogP contribution is -1.99. The first-order valence-electron chi connectivity index (χ1n) is 8.47. The second kappa shape index (κ2) is 8.57. The summed E-state index contributed by atoms with van der Waals surface area (Å²) >= 11 is 0. The Bertz CT molecular complexity index is 581. The van der Waals surface area contributed by atoms with Crippen LogP contribution in [0.4, 0.5) is 0 Å². The van der Waals surface area contributed by atoms with Gasteiger partial charge in [-0.1, -0.05) is 63.4 Å². The molecule has 0 aliphatic rings. The van der Waals surface area contributed by atoms with Crippen molar-refractivity contribution < 1.29 is 9.21 Å². The van der Waals surface area contributed by atoms with E-state index in [9.17, 15) is 4.79 Å². The van der Waals surface area contributed by atoms with Crippen molar-refractivity contribution in [2.75, 3.05) is 0 Å². The van der Waals surface area contributed by atoms with Gasteiger partial charge in [-0.2, -0.15) is 0 Å². The van der Waals surface area contributed by atoms with Crippen LogP contribution in [0.25, 0.3) is 11.3 Å². The van der Waals surface area contributed by atoms with Crippen LogP contribution < -0.4 is 0 Å². The normalized spacial score (nSPS) is 10.8. The summed E-state index contributed by atoms with van der Waals surface area (Å²) in [5.41, 5.74) is 1.75. The average Bonchev–Trinajstić information content (AvgIpc) is 2.98. The summed E-state index contributed by atoms with van der Waals surface area (Å²) in [5, 5.41) is 0. The van der Waals surface area contributed by atoms with Gasteiger partial charge in [-0.15, -0.1) is 0 Å². The highest BCUT2D eigenvalue weighted by atomic mass is 16.3. The Morgan fingerprint density at radius 2 is 1.73 bits per heavy atom. The van der Waals surface area contributed by atoms with Crippen molar-refractivity contribution in [3.05, 3.63) is 47.7 Å². The van der Waals surface area contributed by atoms with Gasteiger partial charge in [-0.25, -0.2) is 0 Å². The number of furan rings is 1. The smallest absolute Gasteiger partial charge is 0.166 e. The highest BCUT2D eigenvalue weighted by molar-refractivity contribution is 6.01. The molecule has 0 saturated carbocycles. The second-order valence-electron chi connectivity index (χ2n) is 5.81. The number of aryl methyl sites for hydroxylation is 1. The Hall–Kier alpha value is -1.83. The monoisotopic (exact) mass is 298 g/mol. The van der Waals surface area contributed by atoms with E-state index in [4.69, 9.17) is 4.42 Å². The lowest BCUT2D eigenvalue weighted by molar-refractivity contribution is 0.0979. The molecular weight excluding hydrogens is 272 g/mol. The molecule has 22 heavy (non-hydrogen) atoms. The van der Waals surface area contributed by atoms with Crippen molar-refractivity contribution in [1.82, 2.24) is 0 Å². The van der Waals surface area contributed by atoms with Crippen LogP contribution in [0.5, 0.6) is 0 Å². The minimum atomic E-state index is 0.207. The summed E-state index contributed by atoms with van der Waals surface area (Å²) in [6.07, 6.45) is 6.92. The molecule has 0 radical (unpaired) electrons. The first-order valence-corrected chi connectivity index (χ1v) is 8.47. The molecule has 0 saturated heterocycles. The largest absolute Gasteiger partial charge is 0.460 e. The number of ketones is 1. The summed E-state index contributed by atoms with van der Waals surface area (Å²) in [6, 6.07) is 11.9. The zero-order chi connectivity index (χ0) is 15.8. The molecule has 0 unspecified atom stereocenters. The van der Waals surface area contributed by atoms with Gasteiger partial charge in [0.1, 0.15) is 11.5 Å². The predicted octanol–water partition coefficient (Wildman–Crippen LogP) is 6.05. The molecule has 1 heterocycles. The van der Waals surface area contributed by atoms with E-state index in [1.807, 2.05) is 36.4 Å². The highest BCUT2D eigenvalue weighted by Crippen LogP contribution is 2.29. The Kier molecular flexibility index (Phi) is 6.45. The van der Waals surface area contributed by atoms with E-state index in [0.29, 0.717) is 6.42 Å². The quantitative estimate of drug-likeness (QED) is 0.416. The first kappa shape index (κ1) is 16.5. The van der Waals surface area contributed by atoms with E-state index < -0.39 is 0 Å². The number of hydrogen-bond acceptors (Lipinski definition) is 2. The van der Waals surface area contributed by atoms with Gasteiger partial charge in [0, 0.05) is 18.4 Å². The number of carbonyl (C=O) groups excluding carboxylic acids is 1. The third-order valence-corrected chi connectivity index (χ3v) is 3.90. The molecule has 2 nitrogen and oxygen atoms in total. The van der Waals surface area contributed by atoms with Crippen molar-refractivity contribution in [3.63, 3.8) is 0 Å². The van der Waals surface area contributed by atoms with Crippen molar-refractivity contribution in [3.8, 4) is 11.3 Å². The Labute approximate surface area is 133 Å². The fourth-order valence-corrected chi connectivity index (χ4v) is 2.60. The number of carbonyl (C=O) groups is 1. The molecule has 0 fully saturated rings. The minimum absolute atomic E-state index is 0.207. The molecule has 1 aromatic carbocycles. The van der Waals surface area contributed by atoms with E-state index in [-0.39, 0.29) is 5.78 Å². The predicted molar refractivity (Wildman–Crippen MR) is 91.2 cm³/mol. The maximum absolute atomic E-state index is 12.5. The number of Topliss-reactive ketones (excluding diaryl/α,β-unsaturated/α-hetero) is 1. The van der Waals surface area contributed by atoms with Gasteiger partial charge in [0.15, 0.2) is 5.78 Å². The molecule has 2 aromatic rings. The fourth-order valence-electron chi connectivity index (χ4n) is 2.60. The molecule has 2 heteroatoms. The maximum atomic E-state index is 12.5. The van der Waals surface area contributed by atoms with Crippen LogP contribution in [-0.2, 0) is 6.42 Å². The standard InChI is InChI=1S/C20H26O2/c1-3-5-8-14-19(21)18-15-17(13-6-4-2)22-20(18)16-11-9-7-10-12-16/h7,9-12,15H,3-6,8,13-14H2,1-2H3. The van der Waals surface area contributed by atoms with Crippen LogP contribution in [-0.4, -0.2) is 5.78 Å². The van der Waals surface area contributed by atoms with E-state index in [1.165, 1.54) is 0 Å². The molecule has 0 aliphatic heterocycles. The van der Waals surface area contributed by atoms with Crippen molar-refractivity contribution in [2.45, 2.75) is 58.8 Å². The maximum Gasteiger partial charge on any atom is 0.166 e. The SMILES string of the molecule is CCCCCC(=O)c1cc(CCCC)oc1-c1ccccc1. The molecule has 0 aliphatic carbocycles. The molecule has 1 aromatic heterocycles. The van der Waals surface area contributed by atoms with Crippen LogP contribution >= 0.6 is 0 Å². The summed E-state index contributed by atoms with van der Waals surface area (Å²) in [7, 11) is 0. The topological polar surface area (TPSA) is 30.2 Å². The number of unbranched alkanes of at least 4 members (excludes halogenated alkanes) is 3. The summed E-state index contributed by atoms with van der Waals surface area (Å²) in [4.78, 5) is 12.5. The van der Waals surface area contributed by atoms with E-state index in [1.54, 1.807) is 0 Å². The van der Waals surface area contributed by atoms with Crippen LogP contribution in [0.1, 0.15) is 68.5 Å². The van der Waals surface area contributed by atoms with Gasteiger partial charge in [-0.05, 0) is 18.9 Å². The van der Waals surface area contributed by atoms with Crippen molar-refractivity contribution in [1.29, 1.82) is 0 Å². The molecular formula is C20H26O2. The Morgan fingerprint density at radius 3 is 2.41 bits per heavy atom. The molecule has 0 N–H and O–H groups in total. The van der Waals surface area contributed by atoms with Crippen LogP contribution in [0.15, 0.2) is 40.8 Å². The number of rotatable bonds is 9. The van der Waals surface area contributed by atoms with Gasteiger partial charge in [0.2, 0.25) is 0 Å². The Morgan fingerprint density at radius 1 is 1.00 bits per heavy atom. The summed E-state index contributed by atoms with van der Waals surface area (Å²) in [5.74, 6) is 1.88. The highest BCUT2D eigenvalue weighted by Gasteiger charge is 2.18. The van der Waals surface area contributed by atoms with Gasteiger partial charge in [0.05, 0.1) is 5.56 Å². The zero-order valence-electron chi connectivity index (χ0n) is 13.7. The summed E-state index contributed by atoms with van der Waals surface area (Å²) < 4.78 is 6.01. The number of hydrogen-bond donors (Lipinski definition) is 0. The zero-order valence-corrected chi connectivity index (χ0v) is 13.7. The van der Waals surface area contributed by atoms with Crippen LogP contribution in [0.2, 0.25) is 0 Å². The third kappa shape index (κ3) is 4.33. The van der Waals surface area contributed by atoms with Gasteiger partial charge in [0.25, 0.3) is 0 Å². The lowest BCUT2D eigenvalue weighted by Gasteiger charge is -2.02. The third-order valence-electron chi connectivity index (χ3n) is 3.90. The van der Waals surface area contributed by atoms with Gasteiger partial charge < -0.3 is 4.42 Å². The van der Waals surface area contributed by atoms with Gasteiger partial charge in [-0.3, -0.25) is 4.79 Å². The minimum Gasteiger partial charge on any atom is -0.460 e. The van der Waals surface area contributed by atoms with E-state index in [0.717, 1.165) is 61.2 Å². The van der Waals surface area contributed by atoms with E-state index >= 15 is 0 Å². The molecule has 0 spiro atoms. The fraction of sp³-hybridized carbons (Fsp3) is 0.450. The molecule has 0 atom stereocenters. The van der Waals surface area contributed by atoms with Crippen molar-refractivity contribution >= 4 is 5.78 Å². The van der Waals surface area contributed by atoms with Gasteiger partial charge >= 0.3 is 0 Å². The van der Waals surface area contributed by atoms with E-state index in [2.05, 4.69) is 13.8 Å². The lowest BCUT2D eigenvalue weighted by atomic mass is 10.0. The molecule has 2 rings (SSSR count). The first-order chi connectivity index (χ1) is 10.8. The summed E-state index contributed by atoms with van der Waals surface area (Å²) in [6.45, 7) is 4.32. The molecule has 0 bridgehead atoms. The van der Waals surface area contributed by atoms with Crippen LogP contribution in [0.3, 0.4) is 0 Å². The molecule has 118 valence electrons. The van der Waals surface area contributed by atoms with Crippen LogP contribution in [0, 0.1) is 0 Å². The Balaban J connectivity index is 2.25. The van der Waals surface area contributed by atoms with Crippen molar-refractivity contribution in [2.24, 2.45) is 0 Å². The molecule has 0 amide bonds.